The third-order valence-electron chi connectivity index (χ3n) is 6.09. The minimum Gasteiger partial charge on any atom is -0.507 e. The quantitative estimate of drug-likeness (QED) is 0.204. The Hall–Kier alpha value is -4.47. The number of hydrogen-bond acceptors (Lipinski definition) is 6. The number of aliphatic hydroxyl groups excluding tert-OH is 1. The van der Waals surface area contributed by atoms with Crippen molar-refractivity contribution in [3.8, 4) is 17.2 Å². The number of halogens is 3. The van der Waals surface area contributed by atoms with Gasteiger partial charge >= 0.3 is 6.36 Å². The number of ether oxygens (including phenoxy) is 3. The molecular weight excluding hydrogens is 515 g/mol. The number of methoxy groups -OCH3 is 1. The highest BCUT2D eigenvalue weighted by atomic mass is 19.4. The summed E-state index contributed by atoms with van der Waals surface area (Å²) in [5.41, 5.74) is 1.13. The van der Waals surface area contributed by atoms with Crippen LogP contribution in [0.1, 0.15) is 36.1 Å². The zero-order valence-electron chi connectivity index (χ0n) is 21.4. The molecule has 7 nitrogen and oxygen atoms in total. The maximum absolute atomic E-state index is 13.4. The van der Waals surface area contributed by atoms with E-state index in [1.807, 2.05) is 6.92 Å². The number of hydrogen-bond donors (Lipinski definition) is 1. The van der Waals surface area contributed by atoms with Gasteiger partial charge in [-0.1, -0.05) is 25.1 Å². The van der Waals surface area contributed by atoms with Crippen molar-refractivity contribution in [2.45, 2.75) is 32.7 Å². The maximum atomic E-state index is 13.4. The van der Waals surface area contributed by atoms with Crippen LogP contribution in [0, 0.1) is 6.92 Å². The predicted molar refractivity (Wildman–Crippen MR) is 138 cm³/mol. The number of ketones is 1. The molecule has 3 aromatic rings. The molecule has 1 saturated heterocycles. The zero-order chi connectivity index (χ0) is 28.3. The second-order valence-electron chi connectivity index (χ2n) is 8.82. The Morgan fingerprint density at radius 1 is 1.00 bits per heavy atom. The Balaban J connectivity index is 1.88. The zero-order valence-corrected chi connectivity index (χ0v) is 21.4. The van der Waals surface area contributed by atoms with E-state index in [-0.39, 0.29) is 16.8 Å². The average Bonchev–Trinajstić information content (AvgIpc) is 3.17. The molecule has 1 N–H and O–H groups in total. The van der Waals surface area contributed by atoms with E-state index in [1.165, 1.54) is 19.2 Å². The van der Waals surface area contributed by atoms with Crippen LogP contribution in [0.25, 0.3) is 5.76 Å². The Bertz CT molecular complexity index is 1430. The molecule has 3 aromatic carbocycles. The number of rotatable bonds is 8. The number of anilines is 1. The highest BCUT2D eigenvalue weighted by Crippen LogP contribution is 2.44. The number of benzene rings is 3. The normalized spacial score (nSPS) is 16.9. The summed E-state index contributed by atoms with van der Waals surface area (Å²) >= 11 is 0. The highest BCUT2D eigenvalue weighted by molar-refractivity contribution is 6.51. The minimum absolute atomic E-state index is 0.0229. The summed E-state index contributed by atoms with van der Waals surface area (Å²) < 4.78 is 53.6. The molecule has 10 heteroatoms. The molecular formula is C29H26F3NO6. The van der Waals surface area contributed by atoms with Crippen molar-refractivity contribution in [1.29, 1.82) is 0 Å². The van der Waals surface area contributed by atoms with Crippen molar-refractivity contribution >= 4 is 23.1 Å². The second kappa shape index (κ2) is 11.1. The molecule has 1 unspecified atom stereocenters. The standard InChI is InChI=1S/C29H26F3NO6/c1-4-13-38-23-12-11-19(14-17(23)2)26(34)24-25(18-7-5-9-21(15-18)37-3)33(28(36)27(24)35)20-8-6-10-22(16-20)39-29(30,31)32/h5-12,14-16,25,34H,4,13H2,1-3H3/b26-24+. The molecule has 4 rings (SSSR count). The Morgan fingerprint density at radius 3 is 2.38 bits per heavy atom. The van der Waals surface area contributed by atoms with Gasteiger partial charge in [-0.05, 0) is 66.9 Å². The van der Waals surface area contributed by atoms with Crippen LogP contribution in [0.2, 0.25) is 0 Å². The molecule has 1 heterocycles. The summed E-state index contributed by atoms with van der Waals surface area (Å²) in [7, 11) is 1.44. The molecule has 0 aliphatic carbocycles. The van der Waals surface area contributed by atoms with E-state index < -0.39 is 35.6 Å². The van der Waals surface area contributed by atoms with Gasteiger partial charge < -0.3 is 19.3 Å². The van der Waals surface area contributed by atoms with Crippen LogP contribution in [0.15, 0.2) is 72.3 Å². The van der Waals surface area contributed by atoms with Gasteiger partial charge in [0.1, 0.15) is 23.0 Å². The predicted octanol–water partition coefficient (Wildman–Crippen LogP) is 6.32. The third-order valence-corrected chi connectivity index (χ3v) is 6.09. The molecule has 1 aliphatic rings. The number of nitrogens with zero attached hydrogens (tertiary/aromatic N) is 1. The van der Waals surface area contributed by atoms with Gasteiger partial charge in [-0.25, -0.2) is 0 Å². The van der Waals surface area contributed by atoms with Crippen LogP contribution >= 0.6 is 0 Å². The SMILES string of the molecule is CCCOc1ccc(/C(O)=C2\C(=O)C(=O)N(c3cccc(OC(F)(F)F)c3)C2c2cccc(OC)c2)cc1C. The molecule has 1 amide bonds. The number of amides is 1. The molecule has 1 fully saturated rings. The largest absolute Gasteiger partial charge is 0.573 e. The van der Waals surface area contributed by atoms with Crippen LogP contribution in [0.4, 0.5) is 18.9 Å². The lowest BCUT2D eigenvalue weighted by molar-refractivity contribution is -0.274. The lowest BCUT2D eigenvalue weighted by Gasteiger charge is -2.26. The molecule has 1 aliphatic heterocycles. The third kappa shape index (κ3) is 5.84. The molecule has 0 aromatic heterocycles. The van der Waals surface area contributed by atoms with Gasteiger partial charge in [0, 0.05) is 17.3 Å². The van der Waals surface area contributed by atoms with Gasteiger partial charge in [-0.15, -0.1) is 13.2 Å². The second-order valence-corrected chi connectivity index (χ2v) is 8.82. The molecule has 39 heavy (non-hydrogen) atoms. The lowest BCUT2D eigenvalue weighted by atomic mass is 9.94. The lowest BCUT2D eigenvalue weighted by Crippen LogP contribution is -2.29. The average molecular weight is 542 g/mol. The fourth-order valence-corrected chi connectivity index (χ4v) is 4.38. The molecule has 0 saturated carbocycles. The fraction of sp³-hybridized carbons (Fsp3) is 0.241. The van der Waals surface area contributed by atoms with Gasteiger partial charge in [0.25, 0.3) is 11.7 Å². The monoisotopic (exact) mass is 541 g/mol. The fourth-order valence-electron chi connectivity index (χ4n) is 4.38. The van der Waals surface area contributed by atoms with Gasteiger partial charge in [0.15, 0.2) is 0 Å². The number of carbonyl (C=O) groups excluding carboxylic acids is 2. The molecule has 1 atom stereocenters. The van der Waals surface area contributed by atoms with Crippen molar-refractivity contribution in [1.82, 2.24) is 0 Å². The van der Waals surface area contributed by atoms with Crippen molar-refractivity contribution in [3.05, 3.63) is 89.0 Å². The van der Waals surface area contributed by atoms with Gasteiger partial charge in [0.2, 0.25) is 0 Å². The van der Waals surface area contributed by atoms with E-state index in [9.17, 15) is 27.9 Å². The summed E-state index contributed by atoms with van der Waals surface area (Å²) in [5, 5.41) is 11.4. The Kier molecular flexibility index (Phi) is 7.85. The smallest absolute Gasteiger partial charge is 0.507 e. The van der Waals surface area contributed by atoms with Crippen LogP contribution < -0.4 is 19.1 Å². The molecule has 0 radical (unpaired) electrons. The topological polar surface area (TPSA) is 85.3 Å². The van der Waals surface area contributed by atoms with E-state index in [0.717, 1.165) is 23.5 Å². The molecule has 204 valence electrons. The number of Topliss-reactive ketones (excluding diaryl/α,β-unsaturated/α-hetero) is 1. The van der Waals surface area contributed by atoms with Gasteiger partial charge in [-0.2, -0.15) is 0 Å². The number of aryl methyl sites for hydroxylation is 1. The molecule has 0 bridgehead atoms. The number of aliphatic hydroxyl groups is 1. The molecule has 0 spiro atoms. The van der Waals surface area contributed by atoms with Gasteiger partial charge in [0.05, 0.1) is 25.3 Å². The summed E-state index contributed by atoms with van der Waals surface area (Å²) in [6.45, 7) is 4.26. The Labute approximate surface area is 223 Å². The first-order chi connectivity index (χ1) is 18.5. The van der Waals surface area contributed by atoms with Gasteiger partial charge in [-0.3, -0.25) is 14.5 Å². The first kappa shape index (κ1) is 27.6. The van der Waals surface area contributed by atoms with E-state index in [4.69, 9.17) is 9.47 Å². The summed E-state index contributed by atoms with van der Waals surface area (Å²) in [6, 6.07) is 15.0. The van der Waals surface area contributed by atoms with Crippen LogP contribution in [0.3, 0.4) is 0 Å². The van der Waals surface area contributed by atoms with Crippen molar-refractivity contribution in [2.24, 2.45) is 0 Å². The number of alkyl halides is 3. The van der Waals surface area contributed by atoms with E-state index in [2.05, 4.69) is 4.74 Å². The van der Waals surface area contributed by atoms with E-state index >= 15 is 0 Å². The summed E-state index contributed by atoms with van der Waals surface area (Å²) in [4.78, 5) is 27.8. The summed E-state index contributed by atoms with van der Waals surface area (Å²) in [5.74, 6) is -1.99. The van der Waals surface area contributed by atoms with E-state index in [0.29, 0.717) is 29.2 Å². The summed E-state index contributed by atoms with van der Waals surface area (Å²) in [6.07, 6.45) is -4.15. The minimum atomic E-state index is -4.95. The van der Waals surface area contributed by atoms with Crippen LogP contribution in [0.5, 0.6) is 17.2 Å². The maximum Gasteiger partial charge on any atom is 0.573 e. The van der Waals surface area contributed by atoms with Crippen molar-refractivity contribution in [2.75, 3.05) is 18.6 Å². The van der Waals surface area contributed by atoms with Crippen LogP contribution in [-0.4, -0.2) is 36.9 Å². The first-order valence-electron chi connectivity index (χ1n) is 12.1. The van der Waals surface area contributed by atoms with Crippen molar-refractivity contribution in [3.63, 3.8) is 0 Å². The highest BCUT2D eigenvalue weighted by Gasteiger charge is 2.47. The van der Waals surface area contributed by atoms with E-state index in [1.54, 1.807) is 49.4 Å². The van der Waals surface area contributed by atoms with Crippen molar-refractivity contribution < 1.29 is 42.1 Å². The first-order valence-corrected chi connectivity index (χ1v) is 12.1. The Morgan fingerprint density at radius 2 is 1.72 bits per heavy atom. The van der Waals surface area contributed by atoms with Crippen LogP contribution in [-0.2, 0) is 9.59 Å². The number of carbonyl (C=O) groups is 2.